The summed E-state index contributed by atoms with van der Waals surface area (Å²) in [5.41, 5.74) is 0. The molecule has 1 saturated carbocycles. The van der Waals surface area contributed by atoms with Crippen LogP contribution in [0.25, 0.3) is 0 Å². The number of carbonyl (C=O) groups is 2. The average Bonchev–Trinajstić information content (AvgIpc) is 2.19. The number of amides is 2. The SMILES string of the molecule is O=C1CCCC(=O)N1C1CCCCC1. The quantitative estimate of drug-likeness (QED) is 0.599. The molecule has 0 unspecified atom stereocenters. The van der Waals surface area contributed by atoms with E-state index in [9.17, 15) is 9.59 Å². The first-order valence-corrected chi connectivity index (χ1v) is 5.64. The molecule has 2 rings (SSSR count). The van der Waals surface area contributed by atoms with Gasteiger partial charge in [0.2, 0.25) is 11.8 Å². The molecule has 3 nitrogen and oxygen atoms in total. The second kappa shape index (κ2) is 4.11. The highest BCUT2D eigenvalue weighted by molar-refractivity contribution is 5.97. The van der Waals surface area contributed by atoms with Gasteiger partial charge in [-0.2, -0.15) is 0 Å². The van der Waals surface area contributed by atoms with Gasteiger partial charge < -0.3 is 0 Å². The Morgan fingerprint density at radius 1 is 0.857 bits per heavy atom. The molecule has 0 aromatic carbocycles. The van der Waals surface area contributed by atoms with Gasteiger partial charge in [-0.25, -0.2) is 0 Å². The topological polar surface area (TPSA) is 37.4 Å². The minimum Gasteiger partial charge on any atom is -0.280 e. The molecule has 0 atom stereocenters. The van der Waals surface area contributed by atoms with E-state index in [2.05, 4.69) is 0 Å². The van der Waals surface area contributed by atoms with Crippen LogP contribution in [0.3, 0.4) is 0 Å². The van der Waals surface area contributed by atoms with E-state index in [4.69, 9.17) is 0 Å². The lowest BCUT2D eigenvalue weighted by Crippen LogP contribution is -2.47. The van der Waals surface area contributed by atoms with Gasteiger partial charge in [0.1, 0.15) is 0 Å². The van der Waals surface area contributed by atoms with Gasteiger partial charge >= 0.3 is 0 Å². The van der Waals surface area contributed by atoms with Crippen LogP contribution in [-0.2, 0) is 9.59 Å². The predicted octanol–water partition coefficient (Wildman–Crippen LogP) is 1.86. The highest BCUT2D eigenvalue weighted by Crippen LogP contribution is 2.26. The van der Waals surface area contributed by atoms with Crippen LogP contribution in [0, 0.1) is 0 Å². The lowest BCUT2D eigenvalue weighted by atomic mass is 9.92. The van der Waals surface area contributed by atoms with Crippen molar-refractivity contribution < 1.29 is 9.59 Å². The largest absolute Gasteiger partial charge is 0.280 e. The number of nitrogens with zero attached hydrogens (tertiary/aromatic N) is 1. The minimum atomic E-state index is 0.0631. The van der Waals surface area contributed by atoms with E-state index in [1.54, 1.807) is 4.90 Å². The first kappa shape index (κ1) is 9.69. The Bertz CT molecular complexity index is 228. The molecule has 2 fully saturated rings. The van der Waals surface area contributed by atoms with Crippen LogP contribution in [0.15, 0.2) is 0 Å². The van der Waals surface area contributed by atoms with Gasteiger partial charge in [0, 0.05) is 18.9 Å². The monoisotopic (exact) mass is 195 g/mol. The van der Waals surface area contributed by atoms with Crippen LogP contribution >= 0.6 is 0 Å². The first-order chi connectivity index (χ1) is 6.79. The average molecular weight is 195 g/mol. The van der Waals surface area contributed by atoms with E-state index in [0.717, 1.165) is 19.3 Å². The van der Waals surface area contributed by atoms with Crippen LogP contribution in [0.5, 0.6) is 0 Å². The Morgan fingerprint density at radius 2 is 1.43 bits per heavy atom. The Kier molecular flexibility index (Phi) is 2.85. The maximum absolute atomic E-state index is 11.6. The van der Waals surface area contributed by atoms with Crippen LogP contribution in [-0.4, -0.2) is 22.8 Å². The molecule has 78 valence electrons. The first-order valence-electron chi connectivity index (χ1n) is 5.64. The van der Waals surface area contributed by atoms with Crippen molar-refractivity contribution in [1.29, 1.82) is 0 Å². The third-order valence-corrected chi connectivity index (χ3v) is 3.26. The lowest BCUT2D eigenvalue weighted by Gasteiger charge is -2.35. The van der Waals surface area contributed by atoms with E-state index in [0.29, 0.717) is 12.8 Å². The van der Waals surface area contributed by atoms with Gasteiger partial charge in [-0.15, -0.1) is 0 Å². The minimum absolute atomic E-state index is 0.0631. The Hall–Kier alpha value is -0.860. The highest BCUT2D eigenvalue weighted by atomic mass is 16.2. The van der Waals surface area contributed by atoms with Crippen molar-refractivity contribution in [2.75, 3.05) is 0 Å². The molecule has 0 aromatic heterocycles. The summed E-state index contributed by atoms with van der Waals surface area (Å²) < 4.78 is 0. The van der Waals surface area contributed by atoms with Crippen molar-refractivity contribution in [1.82, 2.24) is 4.90 Å². The fourth-order valence-corrected chi connectivity index (χ4v) is 2.52. The third kappa shape index (κ3) is 1.81. The lowest BCUT2D eigenvalue weighted by molar-refractivity contribution is -0.151. The number of carbonyl (C=O) groups excluding carboxylic acids is 2. The van der Waals surface area contributed by atoms with Gasteiger partial charge in [-0.05, 0) is 19.3 Å². The maximum atomic E-state index is 11.6. The molecule has 0 spiro atoms. The van der Waals surface area contributed by atoms with Gasteiger partial charge in [0.15, 0.2) is 0 Å². The van der Waals surface area contributed by atoms with E-state index >= 15 is 0 Å². The third-order valence-electron chi connectivity index (χ3n) is 3.26. The molecule has 0 aromatic rings. The summed E-state index contributed by atoms with van der Waals surface area (Å²) in [7, 11) is 0. The van der Waals surface area contributed by atoms with Crippen molar-refractivity contribution in [3.8, 4) is 0 Å². The highest BCUT2D eigenvalue weighted by Gasteiger charge is 2.32. The molecule has 1 heterocycles. The molecular weight excluding hydrogens is 178 g/mol. The van der Waals surface area contributed by atoms with Gasteiger partial charge in [-0.3, -0.25) is 14.5 Å². The molecule has 1 aliphatic heterocycles. The van der Waals surface area contributed by atoms with Crippen LogP contribution in [0.2, 0.25) is 0 Å². The molecule has 0 bridgehead atoms. The molecule has 0 N–H and O–H groups in total. The summed E-state index contributed by atoms with van der Waals surface area (Å²) >= 11 is 0. The normalized spacial score (nSPS) is 25.6. The number of rotatable bonds is 1. The van der Waals surface area contributed by atoms with Gasteiger partial charge in [-0.1, -0.05) is 19.3 Å². The zero-order valence-corrected chi connectivity index (χ0v) is 8.50. The van der Waals surface area contributed by atoms with E-state index in [1.165, 1.54) is 19.3 Å². The van der Waals surface area contributed by atoms with Gasteiger partial charge in [0.05, 0.1) is 0 Å². The molecule has 3 heteroatoms. The van der Waals surface area contributed by atoms with Crippen molar-refractivity contribution in [2.45, 2.75) is 57.4 Å². The Labute approximate surface area is 84.5 Å². The number of imide groups is 1. The smallest absolute Gasteiger partial charge is 0.229 e. The molecule has 0 radical (unpaired) electrons. The van der Waals surface area contributed by atoms with Crippen molar-refractivity contribution in [3.05, 3.63) is 0 Å². The second-order valence-electron chi connectivity index (χ2n) is 4.30. The summed E-state index contributed by atoms with van der Waals surface area (Å²) in [5.74, 6) is 0.126. The predicted molar refractivity (Wildman–Crippen MR) is 52.6 cm³/mol. The van der Waals surface area contributed by atoms with Crippen molar-refractivity contribution in [2.24, 2.45) is 0 Å². The number of hydrogen-bond acceptors (Lipinski definition) is 2. The number of piperidine rings is 1. The van der Waals surface area contributed by atoms with Crippen LogP contribution in [0.4, 0.5) is 0 Å². The molecule has 1 aliphatic carbocycles. The standard InChI is InChI=1S/C11H17NO2/c13-10-7-4-8-11(14)12(10)9-5-2-1-3-6-9/h9H,1-8H2. The molecule has 1 saturated heterocycles. The van der Waals surface area contributed by atoms with Crippen LogP contribution in [0.1, 0.15) is 51.4 Å². The Morgan fingerprint density at radius 3 is 2.00 bits per heavy atom. The Balaban J connectivity index is 2.05. The summed E-state index contributed by atoms with van der Waals surface area (Å²) in [5, 5.41) is 0. The summed E-state index contributed by atoms with van der Waals surface area (Å²) in [6, 6.07) is 0.226. The summed E-state index contributed by atoms with van der Waals surface area (Å²) in [4.78, 5) is 24.8. The van der Waals surface area contributed by atoms with Gasteiger partial charge in [0.25, 0.3) is 0 Å². The zero-order valence-electron chi connectivity index (χ0n) is 8.50. The van der Waals surface area contributed by atoms with E-state index < -0.39 is 0 Å². The van der Waals surface area contributed by atoms with Crippen molar-refractivity contribution in [3.63, 3.8) is 0 Å². The van der Waals surface area contributed by atoms with E-state index in [-0.39, 0.29) is 17.9 Å². The fraction of sp³-hybridized carbons (Fsp3) is 0.818. The van der Waals surface area contributed by atoms with Crippen molar-refractivity contribution >= 4 is 11.8 Å². The fourth-order valence-electron chi connectivity index (χ4n) is 2.52. The van der Waals surface area contributed by atoms with E-state index in [1.807, 2.05) is 0 Å². The summed E-state index contributed by atoms with van der Waals surface area (Å²) in [6.45, 7) is 0. The zero-order chi connectivity index (χ0) is 9.97. The number of likely N-dealkylation sites (tertiary alicyclic amines) is 1. The summed E-state index contributed by atoms with van der Waals surface area (Å²) in [6.07, 6.45) is 7.54. The second-order valence-corrected chi connectivity index (χ2v) is 4.30. The number of hydrogen-bond donors (Lipinski definition) is 0. The van der Waals surface area contributed by atoms with Crippen LogP contribution < -0.4 is 0 Å². The molecule has 2 aliphatic rings. The molecule has 14 heavy (non-hydrogen) atoms. The molecule has 2 amide bonds. The maximum Gasteiger partial charge on any atom is 0.229 e. The molecular formula is C11H17NO2.